The van der Waals surface area contributed by atoms with Crippen LogP contribution in [0.5, 0.6) is 0 Å². The molecule has 0 heterocycles. The van der Waals surface area contributed by atoms with Crippen LogP contribution in [0.2, 0.25) is 0 Å². The third-order valence-electron chi connectivity index (χ3n) is 2.14. The molecular weight excluding hydrogens is 227 g/mol. The van der Waals surface area contributed by atoms with E-state index in [1.807, 2.05) is 6.07 Å². The number of amides is 1. The second kappa shape index (κ2) is 5.32. The summed E-state index contributed by atoms with van der Waals surface area (Å²) >= 11 is 1.43. The lowest BCUT2D eigenvalue weighted by Crippen LogP contribution is -2.42. The van der Waals surface area contributed by atoms with E-state index < -0.39 is 5.41 Å². The Bertz CT molecular complexity index is 382. The van der Waals surface area contributed by atoms with Gasteiger partial charge in [-0.15, -0.1) is 11.8 Å². The van der Waals surface area contributed by atoms with Crippen LogP contribution in [0.1, 0.15) is 13.8 Å². The Labute approximate surface area is 98.6 Å². The van der Waals surface area contributed by atoms with E-state index in [-0.39, 0.29) is 11.7 Å². The van der Waals surface area contributed by atoms with Crippen molar-refractivity contribution in [2.24, 2.45) is 11.3 Å². The summed E-state index contributed by atoms with van der Waals surface area (Å²) in [6.07, 6.45) is 0. The lowest BCUT2D eigenvalue weighted by atomic mass is 9.96. The molecule has 0 aliphatic carbocycles. The van der Waals surface area contributed by atoms with Gasteiger partial charge in [0.25, 0.3) is 0 Å². The molecule has 1 rings (SSSR count). The fourth-order valence-corrected chi connectivity index (χ4v) is 2.11. The number of hydrogen-bond donors (Lipinski definition) is 2. The number of nitrogens with one attached hydrogen (secondary N) is 1. The number of rotatable bonds is 4. The molecule has 0 spiro atoms. The van der Waals surface area contributed by atoms with E-state index in [2.05, 4.69) is 5.43 Å². The van der Waals surface area contributed by atoms with Crippen molar-refractivity contribution in [3.8, 4) is 0 Å². The molecule has 88 valence electrons. The third-order valence-corrected chi connectivity index (χ3v) is 3.59. The van der Waals surface area contributed by atoms with Gasteiger partial charge in [-0.3, -0.25) is 10.2 Å². The minimum Gasteiger partial charge on any atom is -0.294 e. The van der Waals surface area contributed by atoms with Gasteiger partial charge in [0.05, 0.1) is 5.41 Å². The Morgan fingerprint density at radius 1 is 1.56 bits per heavy atom. The van der Waals surface area contributed by atoms with Crippen molar-refractivity contribution in [1.29, 1.82) is 0 Å². The van der Waals surface area contributed by atoms with E-state index in [4.69, 9.17) is 5.84 Å². The Morgan fingerprint density at radius 2 is 2.25 bits per heavy atom. The molecule has 1 amide bonds. The predicted molar refractivity (Wildman–Crippen MR) is 63.2 cm³/mol. The maximum absolute atomic E-state index is 12.9. The van der Waals surface area contributed by atoms with Crippen molar-refractivity contribution in [3.05, 3.63) is 30.1 Å². The first-order valence-electron chi connectivity index (χ1n) is 4.85. The van der Waals surface area contributed by atoms with Gasteiger partial charge in [-0.25, -0.2) is 10.2 Å². The summed E-state index contributed by atoms with van der Waals surface area (Å²) in [7, 11) is 0. The second-order valence-corrected chi connectivity index (χ2v) is 5.15. The normalized spacial score (nSPS) is 11.2. The average Bonchev–Trinajstić information content (AvgIpc) is 2.25. The molecular formula is C11H15FN2OS. The SMILES string of the molecule is CC(C)(CSc1cccc(F)c1)C(=O)NN. The molecule has 0 aliphatic rings. The van der Waals surface area contributed by atoms with Crippen LogP contribution in [0.25, 0.3) is 0 Å². The molecule has 3 N–H and O–H groups in total. The molecule has 16 heavy (non-hydrogen) atoms. The number of carbonyl (C=O) groups excluding carboxylic acids is 1. The van der Waals surface area contributed by atoms with E-state index >= 15 is 0 Å². The molecule has 5 heteroatoms. The summed E-state index contributed by atoms with van der Waals surface area (Å²) in [6.45, 7) is 3.59. The number of hydrazine groups is 1. The Kier molecular flexibility index (Phi) is 4.32. The van der Waals surface area contributed by atoms with Crippen molar-refractivity contribution >= 4 is 17.7 Å². The monoisotopic (exact) mass is 242 g/mol. The van der Waals surface area contributed by atoms with Gasteiger partial charge in [0.1, 0.15) is 5.82 Å². The molecule has 0 atom stereocenters. The number of benzene rings is 1. The number of thioether (sulfide) groups is 1. The average molecular weight is 242 g/mol. The molecule has 3 nitrogen and oxygen atoms in total. The highest BCUT2D eigenvalue weighted by Gasteiger charge is 2.26. The van der Waals surface area contributed by atoms with Crippen molar-refractivity contribution < 1.29 is 9.18 Å². The lowest BCUT2D eigenvalue weighted by Gasteiger charge is -2.21. The summed E-state index contributed by atoms with van der Waals surface area (Å²) in [5.74, 6) is 5.13. The standard InChI is InChI=1S/C11H15FN2OS/c1-11(2,10(15)14-13)7-16-9-5-3-4-8(12)6-9/h3-6H,7,13H2,1-2H3,(H,14,15). The molecule has 0 aliphatic heterocycles. The van der Waals surface area contributed by atoms with E-state index in [1.54, 1.807) is 19.9 Å². The highest BCUT2D eigenvalue weighted by molar-refractivity contribution is 7.99. The van der Waals surface area contributed by atoms with Gasteiger partial charge < -0.3 is 0 Å². The van der Waals surface area contributed by atoms with Crippen LogP contribution in [0.4, 0.5) is 4.39 Å². The Balaban J connectivity index is 2.61. The quantitative estimate of drug-likeness (QED) is 0.367. The van der Waals surface area contributed by atoms with Gasteiger partial charge in [0.2, 0.25) is 5.91 Å². The number of nitrogens with two attached hydrogens (primary N) is 1. The van der Waals surface area contributed by atoms with Crippen LogP contribution in [0.15, 0.2) is 29.2 Å². The van der Waals surface area contributed by atoms with E-state index in [1.165, 1.54) is 23.9 Å². The Morgan fingerprint density at radius 3 is 2.81 bits per heavy atom. The van der Waals surface area contributed by atoms with Crippen LogP contribution in [-0.4, -0.2) is 11.7 Å². The number of carbonyl (C=O) groups is 1. The van der Waals surface area contributed by atoms with Crippen molar-refractivity contribution in [3.63, 3.8) is 0 Å². The molecule has 0 bridgehead atoms. The zero-order valence-electron chi connectivity index (χ0n) is 9.29. The van der Waals surface area contributed by atoms with Crippen LogP contribution in [0.3, 0.4) is 0 Å². The molecule has 0 unspecified atom stereocenters. The molecule has 1 aromatic carbocycles. The molecule has 0 fully saturated rings. The van der Waals surface area contributed by atoms with Gasteiger partial charge in [-0.1, -0.05) is 19.9 Å². The predicted octanol–water partition coefficient (Wildman–Crippen LogP) is 1.93. The molecule has 1 aromatic rings. The fourth-order valence-electron chi connectivity index (χ4n) is 1.08. The minimum absolute atomic E-state index is 0.226. The molecule has 0 saturated heterocycles. The van der Waals surface area contributed by atoms with E-state index in [9.17, 15) is 9.18 Å². The highest BCUT2D eigenvalue weighted by atomic mass is 32.2. The van der Waals surface area contributed by atoms with Crippen molar-refractivity contribution in [2.45, 2.75) is 18.7 Å². The maximum atomic E-state index is 12.9. The van der Waals surface area contributed by atoms with Gasteiger partial charge in [-0.2, -0.15) is 0 Å². The highest BCUT2D eigenvalue weighted by Crippen LogP contribution is 2.27. The number of hydrogen-bond acceptors (Lipinski definition) is 3. The first-order valence-corrected chi connectivity index (χ1v) is 5.84. The van der Waals surface area contributed by atoms with Crippen LogP contribution in [-0.2, 0) is 4.79 Å². The van der Waals surface area contributed by atoms with Crippen molar-refractivity contribution in [1.82, 2.24) is 5.43 Å². The summed E-state index contributed by atoms with van der Waals surface area (Å²) in [5.41, 5.74) is 1.55. The topological polar surface area (TPSA) is 55.1 Å². The largest absolute Gasteiger partial charge is 0.294 e. The maximum Gasteiger partial charge on any atom is 0.240 e. The van der Waals surface area contributed by atoms with Crippen LogP contribution < -0.4 is 11.3 Å². The van der Waals surface area contributed by atoms with Crippen LogP contribution in [0, 0.1) is 11.2 Å². The molecule has 0 aromatic heterocycles. The summed E-state index contributed by atoms with van der Waals surface area (Å²) in [5, 5.41) is 0. The summed E-state index contributed by atoms with van der Waals surface area (Å²) in [6, 6.07) is 6.29. The molecule has 0 radical (unpaired) electrons. The third kappa shape index (κ3) is 3.50. The molecule has 0 saturated carbocycles. The lowest BCUT2D eigenvalue weighted by molar-refractivity contribution is -0.128. The summed E-state index contributed by atoms with van der Waals surface area (Å²) < 4.78 is 12.9. The van der Waals surface area contributed by atoms with E-state index in [0.717, 1.165) is 4.90 Å². The van der Waals surface area contributed by atoms with Gasteiger partial charge in [0.15, 0.2) is 0 Å². The second-order valence-electron chi connectivity index (χ2n) is 4.10. The van der Waals surface area contributed by atoms with Gasteiger partial charge in [-0.05, 0) is 18.2 Å². The minimum atomic E-state index is -0.578. The zero-order valence-corrected chi connectivity index (χ0v) is 10.1. The van der Waals surface area contributed by atoms with Crippen molar-refractivity contribution in [2.75, 3.05) is 5.75 Å². The Hall–Kier alpha value is -1.07. The fraction of sp³-hybridized carbons (Fsp3) is 0.364. The van der Waals surface area contributed by atoms with Gasteiger partial charge in [0, 0.05) is 10.6 Å². The zero-order chi connectivity index (χ0) is 12.2. The van der Waals surface area contributed by atoms with Gasteiger partial charge >= 0.3 is 0 Å². The smallest absolute Gasteiger partial charge is 0.240 e. The van der Waals surface area contributed by atoms with E-state index in [0.29, 0.717) is 5.75 Å². The number of halogens is 1. The van der Waals surface area contributed by atoms with Crippen LogP contribution >= 0.6 is 11.8 Å². The first-order chi connectivity index (χ1) is 7.45. The summed E-state index contributed by atoms with van der Waals surface area (Å²) in [4.78, 5) is 12.2. The first kappa shape index (κ1) is 13.0.